The van der Waals surface area contributed by atoms with Gasteiger partial charge in [-0.3, -0.25) is 0 Å². The molecule has 0 aliphatic heterocycles. The molecule has 0 aromatic heterocycles. The molecular weight excluding hydrogens is 160 g/mol. The van der Waals surface area contributed by atoms with Crippen molar-refractivity contribution < 1.29 is 4.74 Å². The zero-order valence-corrected chi connectivity index (χ0v) is 8.75. The van der Waals surface area contributed by atoms with E-state index in [9.17, 15) is 0 Å². The third-order valence-corrected chi connectivity index (χ3v) is 5.22. The van der Waals surface area contributed by atoms with Gasteiger partial charge < -0.3 is 4.74 Å². The van der Waals surface area contributed by atoms with Crippen molar-refractivity contribution in [2.45, 2.75) is 44.6 Å². The fourth-order valence-electron chi connectivity index (χ4n) is 4.62. The van der Waals surface area contributed by atoms with Crippen molar-refractivity contribution in [3.8, 4) is 0 Å². The Kier molecular flexibility index (Phi) is 1.59. The first-order chi connectivity index (χ1) is 6.24. The Morgan fingerprint density at radius 3 is 2.77 bits per heavy atom. The second kappa shape index (κ2) is 2.50. The van der Waals surface area contributed by atoms with Crippen molar-refractivity contribution in [2.75, 3.05) is 7.11 Å². The van der Waals surface area contributed by atoms with Crippen molar-refractivity contribution in [1.29, 1.82) is 0 Å². The van der Waals surface area contributed by atoms with Gasteiger partial charge in [0.25, 0.3) is 0 Å². The Morgan fingerprint density at radius 2 is 2.00 bits per heavy atom. The van der Waals surface area contributed by atoms with E-state index in [1.165, 1.54) is 32.1 Å². The Balaban J connectivity index is 1.89. The maximum Gasteiger partial charge on any atom is 0.0684 e. The molecule has 3 fully saturated rings. The second-order valence-corrected chi connectivity index (χ2v) is 5.58. The van der Waals surface area contributed by atoms with Crippen LogP contribution in [0.1, 0.15) is 39.0 Å². The van der Waals surface area contributed by atoms with Gasteiger partial charge in [0.1, 0.15) is 0 Å². The lowest BCUT2D eigenvalue weighted by molar-refractivity contribution is -0.0649. The lowest BCUT2D eigenvalue weighted by atomic mass is 9.74. The molecular formula is C12H20O. The Morgan fingerprint density at radius 1 is 1.23 bits per heavy atom. The monoisotopic (exact) mass is 180 g/mol. The van der Waals surface area contributed by atoms with Crippen LogP contribution >= 0.6 is 0 Å². The summed E-state index contributed by atoms with van der Waals surface area (Å²) in [5, 5.41) is 0. The number of methoxy groups -OCH3 is 1. The van der Waals surface area contributed by atoms with E-state index in [0.29, 0.717) is 0 Å². The van der Waals surface area contributed by atoms with Gasteiger partial charge in [0.15, 0.2) is 0 Å². The average molecular weight is 180 g/mol. The molecule has 74 valence electrons. The SMILES string of the molecule is COC1(C)CC2CC1C1CCCC21. The molecule has 13 heavy (non-hydrogen) atoms. The normalized spacial score (nSPS) is 58.6. The van der Waals surface area contributed by atoms with E-state index in [4.69, 9.17) is 4.74 Å². The highest BCUT2D eigenvalue weighted by molar-refractivity contribution is 5.09. The van der Waals surface area contributed by atoms with Gasteiger partial charge in [-0.05, 0) is 56.3 Å². The van der Waals surface area contributed by atoms with E-state index in [0.717, 1.165) is 23.7 Å². The smallest absolute Gasteiger partial charge is 0.0684 e. The fraction of sp³-hybridized carbons (Fsp3) is 1.00. The van der Waals surface area contributed by atoms with Crippen LogP contribution in [0.15, 0.2) is 0 Å². The molecule has 1 heteroatoms. The molecule has 0 saturated heterocycles. The van der Waals surface area contributed by atoms with Crippen molar-refractivity contribution in [3.05, 3.63) is 0 Å². The molecule has 3 aliphatic carbocycles. The summed E-state index contributed by atoms with van der Waals surface area (Å²) in [4.78, 5) is 0. The third kappa shape index (κ3) is 0.918. The lowest BCUT2D eigenvalue weighted by Gasteiger charge is -2.39. The zero-order valence-electron chi connectivity index (χ0n) is 8.75. The minimum atomic E-state index is 0.246. The van der Waals surface area contributed by atoms with Gasteiger partial charge in [0.2, 0.25) is 0 Å². The molecule has 0 aromatic rings. The molecule has 3 saturated carbocycles. The fourth-order valence-corrected chi connectivity index (χ4v) is 4.62. The Bertz CT molecular complexity index is 225. The van der Waals surface area contributed by atoms with Crippen LogP contribution in [0.4, 0.5) is 0 Å². The molecule has 0 radical (unpaired) electrons. The van der Waals surface area contributed by atoms with Crippen LogP contribution in [0.2, 0.25) is 0 Å². The minimum Gasteiger partial charge on any atom is -0.378 e. The van der Waals surface area contributed by atoms with E-state index in [-0.39, 0.29) is 5.60 Å². The minimum absolute atomic E-state index is 0.246. The van der Waals surface area contributed by atoms with Crippen molar-refractivity contribution in [2.24, 2.45) is 23.7 Å². The third-order valence-electron chi connectivity index (χ3n) is 5.22. The predicted molar refractivity (Wildman–Crippen MR) is 52.5 cm³/mol. The summed E-state index contributed by atoms with van der Waals surface area (Å²) in [5.74, 6) is 4.04. The topological polar surface area (TPSA) is 9.23 Å². The average Bonchev–Trinajstić information content (AvgIpc) is 2.72. The Hall–Kier alpha value is -0.0400. The highest BCUT2D eigenvalue weighted by atomic mass is 16.5. The number of hydrogen-bond donors (Lipinski definition) is 0. The van der Waals surface area contributed by atoms with Crippen LogP contribution in [-0.2, 0) is 4.74 Å². The molecule has 3 aliphatic rings. The van der Waals surface area contributed by atoms with E-state index in [1.54, 1.807) is 0 Å². The van der Waals surface area contributed by atoms with Crippen LogP contribution in [0, 0.1) is 23.7 Å². The maximum absolute atomic E-state index is 5.74. The largest absolute Gasteiger partial charge is 0.378 e. The number of ether oxygens (including phenoxy) is 1. The van der Waals surface area contributed by atoms with Crippen LogP contribution in [0.25, 0.3) is 0 Å². The van der Waals surface area contributed by atoms with E-state index >= 15 is 0 Å². The molecule has 5 unspecified atom stereocenters. The quantitative estimate of drug-likeness (QED) is 0.603. The summed E-state index contributed by atoms with van der Waals surface area (Å²) in [6.45, 7) is 2.34. The standard InChI is InChI=1S/C12H20O/c1-12(13-2)7-8-6-11(12)10-5-3-4-9(8)10/h8-11H,3-7H2,1-2H3. The van der Waals surface area contributed by atoms with E-state index < -0.39 is 0 Å². The summed E-state index contributed by atoms with van der Waals surface area (Å²) in [6.07, 6.45) is 7.31. The lowest BCUT2D eigenvalue weighted by Crippen LogP contribution is -2.40. The molecule has 2 bridgehead atoms. The van der Waals surface area contributed by atoms with Gasteiger partial charge in [-0.2, -0.15) is 0 Å². The molecule has 0 spiro atoms. The van der Waals surface area contributed by atoms with Gasteiger partial charge in [0, 0.05) is 7.11 Å². The first-order valence-corrected chi connectivity index (χ1v) is 5.80. The summed E-state index contributed by atoms with van der Waals surface area (Å²) in [5.41, 5.74) is 0.246. The van der Waals surface area contributed by atoms with Crippen molar-refractivity contribution >= 4 is 0 Å². The van der Waals surface area contributed by atoms with Crippen molar-refractivity contribution in [1.82, 2.24) is 0 Å². The van der Waals surface area contributed by atoms with Crippen LogP contribution < -0.4 is 0 Å². The van der Waals surface area contributed by atoms with Crippen LogP contribution in [-0.4, -0.2) is 12.7 Å². The van der Waals surface area contributed by atoms with Crippen molar-refractivity contribution in [3.63, 3.8) is 0 Å². The van der Waals surface area contributed by atoms with Gasteiger partial charge in [-0.1, -0.05) is 6.42 Å². The molecule has 0 aromatic carbocycles. The molecule has 0 heterocycles. The number of fused-ring (bicyclic) bond motifs is 5. The summed E-state index contributed by atoms with van der Waals surface area (Å²) in [7, 11) is 1.91. The second-order valence-electron chi connectivity index (χ2n) is 5.58. The molecule has 5 atom stereocenters. The van der Waals surface area contributed by atoms with Gasteiger partial charge >= 0.3 is 0 Å². The van der Waals surface area contributed by atoms with E-state index in [2.05, 4.69) is 6.92 Å². The maximum atomic E-state index is 5.74. The number of hydrogen-bond acceptors (Lipinski definition) is 1. The zero-order chi connectivity index (χ0) is 9.05. The van der Waals surface area contributed by atoms with Gasteiger partial charge in [0.05, 0.1) is 5.60 Å². The van der Waals surface area contributed by atoms with Gasteiger partial charge in [-0.15, -0.1) is 0 Å². The predicted octanol–water partition coefficient (Wildman–Crippen LogP) is 2.85. The van der Waals surface area contributed by atoms with Gasteiger partial charge in [-0.25, -0.2) is 0 Å². The summed E-state index contributed by atoms with van der Waals surface area (Å²) in [6, 6.07) is 0. The van der Waals surface area contributed by atoms with Crippen LogP contribution in [0.5, 0.6) is 0 Å². The Labute approximate surface area is 80.8 Å². The van der Waals surface area contributed by atoms with E-state index in [1.807, 2.05) is 7.11 Å². The molecule has 3 rings (SSSR count). The highest BCUT2D eigenvalue weighted by Crippen LogP contribution is 2.63. The molecule has 1 nitrogen and oxygen atoms in total. The first kappa shape index (κ1) is 8.28. The molecule has 0 N–H and O–H groups in total. The highest BCUT2D eigenvalue weighted by Gasteiger charge is 2.59. The molecule has 0 amide bonds. The summed E-state index contributed by atoms with van der Waals surface area (Å²) >= 11 is 0. The first-order valence-electron chi connectivity index (χ1n) is 5.80. The number of rotatable bonds is 1. The summed E-state index contributed by atoms with van der Waals surface area (Å²) < 4.78 is 5.74. The van der Waals surface area contributed by atoms with Crippen LogP contribution in [0.3, 0.4) is 0 Å².